The molecule has 2 fully saturated rings. The van der Waals surface area contributed by atoms with Crippen molar-refractivity contribution in [1.82, 2.24) is 20.4 Å². The highest BCUT2D eigenvalue weighted by molar-refractivity contribution is 5.79. The van der Waals surface area contributed by atoms with Gasteiger partial charge in [-0.3, -0.25) is 4.90 Å². The Balaban J connectivity index is 1.38. The lowest BCUT2D eigenvalue weighted by Gasteiger charge is -2.20. The summed E-state index contributed by atoms with van der Waals surface area (Å²) in [7, 11) is 2.22. The predicted molar refractivity (Wildman–Crippen MR) is 126 cm³/mol. The second kappa shape index (κ2) is 13.7. The molecule has 0 amide bonds. The Hall–Kier alpha value is -1.67. The zero-order valence-electron chi connectivity index (χ0n) is 19.4. The molecular weight excluding hydrogens is 390 g/mol. The van der Waals surface area contributed by atoms with Crippen molar-refractivity contribution in [2.24, 2.45) is 4.99 Å². The molecule has 0 radical (unpaired) electrons. The van der Waals surface area contributed by atoms with Crippen LogP contribution in [0.25, 0.3) is 0 Å². The summed E-state index contributed by atoms with van der Waals surface area (Å²) in [6.45, 7) is 12.6. The third-order valence-corrected chi connectivity index (χ3v) is 5.86. The largest absolute Gasteiger partial charge is 0.379 e. The minimum Gasteiger partial charge on any atom is -0.379 e. The van der Waals surface area contributed by atoms with Gasteiger partial charge in [0.1, 0.15) is 0 Å². The number of rotatable bonds is 10. The van der Waals surface area contributed by atoms with Crippen molar-refractivity contribution < 1.29 is 9.47 Å². The molecule has 0 aromatic heterocycles. The highest BCUT2D eigenvalue weighted by Gasteiger charge is 2.15. The molecule has 174 valence electrons. The first-order valence-corrected chi connectivity index (χ1v) is 11.9. The number of nitrogens with one attached hydrogen (secondary N) is 2. The molecule has 0 saturated carbocycles. The molecule has 2 aliphatic heterocycles. The van der Waals surface area contributed by atoms with E-state index in [0.717, 1.165) is 71.3 Å². The molecule has 3 rings (SSSR count). The van der Waals surface area contributed by atoms with Crippen molar-refractivity contribution in [2.45, 2.75) is 45.4 Å². The Morgan fingerprint density at radius 1 is 1.13 bits per heavy atom. The van der Waals surface area contributed by atoms with Crippen LogP contribution in [-0.2, 0) is 22.6 Å². The molecule has 1 aromatic rings. The normalized spacial score (nSPS) is 21.2. The highest BCUT2D eigenvalue weighted by Crippen LogP contribution is 2.11. The number of nitrogens with zero attached hydrogens (tertiary/aromatic N) is 3. The van der Waals surface area contributed by atoms with E-state index in [4.69, 9.17) is 14.5 Å². The minimum atomic E-state index is 0.283. The van der Waals surface area contributed by atoms with E-state index in [1.54, 1.807) is 0 Å². The van der Waals surface area contributed by atoms with Crippen LogP contribution in [0.3, 0.4) is 0 Å². The van der Waals surface area contributed by atoms with Crippen molar-refractivity contribution in [3.8, 4) is 0 Å². The molecule has 2 N–H and O–H groups in total. The second-order valence-electron chi connectivity index (χ2n) is 8.58. The van der Waals surface area contributed by atoms with Crippen molar-refractivity contribution in [2.75, 3.05) is 66.1 Å². The van der Waals surface area contributed by atoms with Crippen LogP contribution in [0.2, 0.25) is 0 Å². The van der Waals surface area contributed by atoms with Gasteiger partial charge in [0.05, 0.1) is 19.3 Å². The lowest BCUT2D eigenvalue weighted by molar-refractivity contribution is 0.0420. The summed E-state index contributed by atoms with van der Waals surface area (Å²) in [4.78, 5) is 9.73. The Labute approximate surface area is 188 Å². The van der Waals surface area contributed by atoms with Gasteiger partial charge in [-0.25, -0.2) is 4.99 Å². The zero-order valence-corrected chi connectivity index (χ0v) is 19.4. The van der Waals surface area contributed by atoms with Gasteiger partial charge in [0.2, 0.25) is 0 Å². The van der Waals surface area contributed by atoms with Crippen LogP contribution < -0.4 is 10.6 Å². The second-order valence-corrected chi connectivity index (χ2v) is 8.58. The van der Waals surface area contributed by atoms with Crippen LogP contribution in [0, 0.1) is 0 Å². The fourth-order valence-corrected chi connectivity index (χ4v) is 3.95. The maximum Gasteiger partial charge on any atom is 0.191 e. The molecule has 7 nitrogen and oxygen atoms in total. The van der Waals surface area contributed by atoms with Crippen molar-refractivity contribution in [1.29, 1.82) is 0 Å². The van der Waals surface area contributed by atoms with Gasteiger partial charge in [0, 0.05) is 45.9 Å². The number of hydrogen-bond donors (Lipinski definition) is 2. The molecule has 2 saturated heterocycles. The van der Waals surface area contributed by atoms with Gasteiger partial charge >= 0.3 is 0 Å². The van der Waals surface area contributed by atoms with Crippen LogP contribution >= 0.6 is 0 Å². The summed E-state index contributed by atoms with van der Waals surface area (Å²) in [6.07, 6.45) is 3.52. The van der Waals surface area contributed by atoms with E-state index in [1.807, 2.05) is 0 Å². The van der Waals surface area contributed by atoms with Gasteiger partial charge < -0.3 is 25.0 Å². The summed E-state index contributed by atoms with van der Waals surface area (Å²) in [6, 6.07) is 8.93. The average Bonchev–Trinajstić information content (AvgIpc) is 3.21. The molecule has 0 aliphatic carbocycles. The maximum absolute atomic E-state index is 5.82. The summed E-state index contributed by atoms with van der Waals surface area (Å²) in [5, 5.41) is 6.74. The first kappa shape index (κ1) is 24.0. The van der Waals surface area contributed by atoms with Gasteiger partial charge in [-0.2, -0.15) is 0 Å². The standard InChI is InChI=1S/C24H41N5O2/c1-3-25-24(26-11-4-16-31-23-10-17-30-20-23)27-18-21-6-8-22(9-7-21)19-29-13-5-12-28(2)14-15-29/h6-9,23H,3-5,10-20H2,1-2H3,(H2,25,26,27). The molecule has 31 heavy (non-hydrogen) atoms. The average molecular weight is 432 g/mol. The number of aliphatic imine (C=N–C) groups is 1. The van der Waals surface area contributed by atoms with Crippen LogP contribution in [0.1, 0.15) is 37.3 Å². The third kappa shape index (κ3) is 9.15. The summed E-state index contributed by atoms with van der Waals surface area (Å²) < 4.78 is 11.2. The van der Waals surface area contributed by atoms with Gasteiger partial charge in [0.15, 0.2) is 5.96 Å². The molecule has 1 atom stereocenters. The number of hydrogen-bond acceptors (Lipinski definition) is 5. The Morgan fingerprint density at radius 3 is 2.74 bits per heavy atom. The predicted octanol–water partition coefficient (Wildman–Crippen LogP) is 2.07. The maximum atomic E-state index is 5.82. The molecule has 2 heterocycles. The SMILES string of the molecule is CCNC(=NCc1ccc(CN2CCCN(C)CC2)cc1)NCCCOC1CCOC1. The molecule has 1 unspecified atom stereocenters. The van der Waals surface area contributed by atoms with E-state index in [-0.39, 0.29) is 6.10 Å². The number of benzene rings is 1. The lowest BCUT2D eigenvalue weighted by Crippen LogP contribution is -2.38. The summed E-state index contributed by atoms with van der Waals surface area (Å²) >= 11 is 0. The molecular formula is C24H41N5O2. The fourth-order valence-electron chi connectivity index (χ4n) is 3.95. The van der Waals surface area contributed by atoms with Gasteiger partial charge in [-0.05, 0) is 57.5 Å². The smallest absolute Gasteiger partial charge is 0.191 e. The van der Waals surface area contributed by atoms with Crippen molar-refractivity contribution in [3.05, 3.63) is 35.4 Å². The first-order valence-electron chi connectivity index (χ1n) is 11.9. The topological polar surface area (TPSA) is 61.4 Å². The van der Waals surface area contributed by atoms with Gasteiger partial charge in [-0.15, -0.1) is 0 Å². The summed E-state index contributed by atoms with van der Waals surface area (Å²) in [5.41, 5.74) is 2.62. The molecule has 2 aliphatic rings. The number of ether oxygens (including phenoxy) is 2. The third-order valence-electron chi connectivity index (χ3n) is 5.86. The lowest BCUT2D eigenvalue weighted by atomic mass is 10.1. The molecule has 0 spiro atoms. The monoisotopic (exact) mass is 431 g/mol. The quantitative estimate of drug-likeness (QED) is 0.336. The van der Waals surface area contributed by atoms with Crippen LogP contribution in [-0.4, -0.2) is 88.0 Å². The van der Waals surface area contributed by atoms with Gasteiger partial charge in [-0.1, -0.05) is 24.3 Å². The van der Waals surface area contributed by atoms with Crippen LogP contribution in [0.5, 0.6) is 0 Å². The molecule has 1 aromatic carbocycles. The Morgan fingerprint density at radius 2 is 1.97 bits per heavy atom. The van der Waals surface area contributed by atoms with Crippen LogP contribution in [0.4, 0.5) is 0 Å². The fraction of sp³-hybridized carbons (Fsp3) is 0.708. The Kier molecular flexibility index (Phi) is 10.6. The minimum absolute atomic E-state index is 0.283. The van der Waals surface area contributed by atoms with E-state index in [1.165, 1.54) is 30.6 Å². The number of likely N-dealkylation sites (N-methyl/N-ethyl adjacent to an activating group) is 1. The molecule has 7 heteroatoms. The zero-order chi connectivity index (χ0) is 21.7. The van der Waals surface area contributed by atoms with E-state index in [0.29, 0.717) is 6.54 Å². The van der Waals surface area contributed by atoms with E-state index >= 15 is 0 Å². The van der Waals surface area contributed by atoms with E-state index in [2.05, 4.69) is 58.7 Å². The Bertz CT molecular complexity index is 646. The van der Waals surface area contributed by atoms with Crippen LogP contribution in [0.15, 0.2) is 29.3 Å². The highest BCUT2D eigenvalue weighted by atomic mass is 16.5. The van der Waals surface area contributed by atoms with E-state index < -0.39 is 0 Å². The van der Waals surface area contributed by atoms with Crippen molar-refractivity contribution >= 4 is 5.96 Å². The molecule has 0 bridgehead atoms. The van der Waals surface area contributed by atoms with Crippen molar-refractivity contribution in [3.63, 3.8) is 0 Å². The first-order chi connectivity index (χ1) is 15.2. The van der Waals surface area contributed by atoms with Gasteiger partial charge in [0.25, 0.3) is 0 Å². The summed E-state index contributed by atoms with van der Waals surface area (Å²) in [5.74, 6) is 0.865. The number of guanidine groups is 1. The van der Waals surface area contributed by atoms with E-state index in [9.17, 15) is 0 Å².